The van der Waals surface area contributed by atoms with E-state index >= 15 is 0 Å². The van der Waals surface area contributed by atoms with Crippen molar-refractivity contribution in [2.45, 2.75) is 45.2 Å². The lowest BCUT2D eigenvalue weighted by atomic mass is 9.96. The number of oxazole rings is 1. The summed E-state index contributed by atoms with van der Waals surface area (Å²) < 4.78 is 5.80. The smallest absolute Gasteiger partial charge is 0.291 e. The quantitative estimate of drug-likeness (QED) is 0.921. The fraction of sp³-hybridized carbons (Fsp3) is 0.444. The van der Waals surface area contributed by atoms with Gasteiger partial charge in [0.15, 0.2) is 0 Å². The summed E-state index contributed by atoms with van der Waals surface area (Å²) in [4.78, 5) is 19.2. The number of hydrogen-bond acceptors (Lipinski definition) is 4. The molecule has 2 heterocycles. The number of aromatic nitrogens is 1. The van der Waals surface area contributed by atoms with Crippen molar-refractivity contribution in [1.82, 2.24) is 9.88 Å². The largest absolute Gasteiger partial charge is 0.431 e. The molecule has 0 radical (unpaired) electrons. The maximum absolute atomic E-state index is 12.9. The molecular weight excluding hydrogens is 326 g/mol. The Hall–Kier alpha value is -1.85. The number of nitrogens with zero attached hydrogens (tertiary/aromatic N) is 2. The number of benzene rings is 1. The van der Waals surface area contributed by atoms with Gasteiger partial charge < -0.3 is 15.1 Å². The van der Waals surface area contributed by atoms with Crippen molar-refractivity contribution < 1.29 is 9.21 Å². The molecule has 2 N–H and O–H groups in total. The Balaban J connectivity index is 0.00000208. The molecule has 2 atom stereocenters. The van der Waals surface area contributed by atoms with Gasteiger partial charge in [0.2, 0.25) is 11.7 Å². The Kier molecular flexibility index (Phi) is 6.02. The predicted molar refractivity (Wildman–Crippen MR) is 96.2 cm³/mol. The van der Waals surface area contributed by atoms with E-state index in [-0.39, 0.29) is 30.4 Å². The predicted octanol–water partition coefficient (Wildman–Crippen LogP) is 3.41. The van der Waals surface area contributed by atoms with Crippen LogP contribution in [0.2, 0.25) is 0 Å². The van der Waals surface area contributed by atoms with E-state index in [1.54, 1.807) is 0 Å². The first-order chi connectivity index (χ1) is 11.1. The number of halogens is 1. The summed E-state index contributed by atoms with van der Waals surface area (Å²) in [6.45, 7) is 4.50. The van der Waals surface area contributed by atoms with Crippen LogP contribution in [0, 0.1) is 6.92 Å². The van der Waals surface area contributed by atoms with Crippen LogP contribution in [0.3, 0.4) is 0 Å². The van der Waals surface area contributed by atoms with Gasteiger partial charge in [-0.3, -0.25) is 4.79 Å². The van der Waals surface area contributed by atoms with Crippen molar-refractivity contribution in [2.75, 3.05) is 6.54 Å². The van der Waals surface area contributed by atoms with Crippen LogP contribution in [-0.4, -0.2) is 34.4 Å². The number of piperidine rings is 1. The number of hydrogen-bond donors (Lipinski definition) is 1. The van der Waals surface area contributed by atoms with Gasteiger partial charge in [0.05, 0.1) is 5.69 Å². The highest BCUT2D eigenvalue weighted by atomic mass is 35.5. The number of nitrogens with two attached hydrogens (primary N) is 1. The van der Waals surface area contributed by atoms with Crippen LogP contribution in [0.5, 0.6) is 0 Å². The molecule has 3 rings (SSSR count). The molecule has 6 heteroatoms. The Morgan fingerprint density at radius 2 is 2.04 bits per heavy atom. The van der Waals surface area contributed by atoms with Crippen molar-refractivity contribution in [3.05, 3.63) is 41.8 Å². The second kappa shape index (κ2) is 7.81. The second-order valence-electron chi connectivity index (χ2n) is 6.22. The van der Waals surface area contributed by atoms with Gasteiger partial charge in [-0.2, -0.15) is 0 Å². The minimum Gasteiger partial charge on any atom is -0.431 e. The average Bonchev–Trinajstić information content (AvgIpc) is 2.97. The molecule has 1 fully saturated rings. The van der Waals surface area contributed by atoms with E-state index in [9.17, 15) is 4.79 Å². The highest BCUT2D eigenvalue weighted by Gasteiger charge is 2.32. The first kappa shape index (κ1) is 18.5. The number of carbonyl (C=O) groups excluding carboxylic acids is 1. The molecule has 1 saturated heterocycles. The topological polar surface area (TPSA) is 72.4 Å². The number of aryl methyl sites for hydroxylation is 1. The summed E-state index contributed by atoms with van der Waals surface area (Å²) in [6.07, 6.45) is 3.07. The highest BCUT2D eigenvalue weighted by Crippen LogP contribution is 2.26. The number of amides is 1. The lowest BCUT2D eigenvalue weighted by Crippen LogP contribution is -2.51. The minimum atomic E-state index is -0.0980. The summed E-state index contributed by atoms with van der Waals surface area (Å²) in [5.41, 5.74) is 7.57. The van der Waals surface area contributed by atoms with Gasteiger partial charge in [-0.15, -0.1) is 12.4 Å². The molecular formula is C18H24ClN3O2. The first-order valence-corrected chi connectivity index (χ1v) is 8.17. The molecule has 1 aromatic heterocycles. The molecule has 0 bridgehead atoms. The number of likely N-dealkylation sites (tertiary alicyclic amines) is 1. The molecule has 1 aliphatic rings. The van der Waals surface area contributed by atoms with E-state index in [0.29, 0.717) is 17.3 Å². The molecule has 5 nitrogen and oxygen atoms in total. The van der Waals surface area contributed by atoms with Crippen molar-refractivity contribution in [3.63, 3.8) is 0 Å². The molecule has 24 heavy (non-hydrogen) atoms. The lowest BCUT2D eigenvalue weighted by molar-refractivity contribution is 0.0551. The van der Waals surface area contributed by atoms with Crippen molar-refractivity contribution in [2.24, 2.45) is 5.73 Å². The molecule has 2 aromatic rings. The SMILES string of the molecule is Cc1nc(-c2ccccc2)oc1C(=O)N1CCCCC1C(C)N.Cl. The fourth-order valence-corrected chi connectivity index (χ4v) is 3.19. The molecule has 1 aliphatic heterocycles. The van der Waals surface area contributed by atoms with Crippen molar-refractivity contribution >= 4 is 18.3 Å². The maximum atomic E-state index is 12.9. The molecule has 0 saturated carbocycles. The Bertz CT molecular complexity index is 685. The molecule has 2 unspecified atom stereocenters. The number of rotatable bonds is 3. The van der Waals surface area contributed by atoms with Gasteiger partial charge in [0.1, 0.15) is 0 Å². The molecule has 1 aromatic carbocycles. The Labute approximate surface area is 148 Å². The summed E-state index contributed by atoms with van der Waals surface area (Å²) in [5.74, 6) is 0.719. The van der Waals surface area contributed by atoms with Crippen LogP contribution in [-0.2, 0) is 0 Å². The normalized spacial score (nSPS) is 18.8. The summed E-state index contributed by atoms with van der Waals surface area (Å²) in [7, 11) is 0. The average molecular weight is 350 g/mol. The molecule has 0 spiro atoms. The van der Waals surface area contributed by atoms with Crippen LogP contribution in [0.4, 0.5) is 0 Å². The second-order valence-corrected chi connectivity index (χ2v) is 6.22. The Morgan fingerprint density at radius 1 is 1.33 bits per heavy atom. The summed E-state index contributed by atoms with van der Waals surface area (Å²) >= 11 is 0. The van der Waals surface area contributed by atoms with E-state index in [1.807, 2.05) is 49.1 Å². The van der Waals surface area contributed by atoms with Crippen LogP contribution in [0.25, 0.3) is 11.5 Å². The van der Waals surface area contributed by atoms with E-state index in [4.69, 9.17) is 10.2 Å². The number of carbonyl (C=O) groups is 1. The third-order valence-electron chi connectivity index (χ3n) is 4.43. The highest BCUT2D eigenvalue weighted by molar-refractivity contribution is 5.93. The molecule has 1 amide bonds. The van der Waals surface area contributed by atoms with Gasteiger partial charge in [-0.1, -0.05) is 18.2 Å². The standard InChI is InChI=1S/C18H23N3O2.ClH/c1-12(19)15-10-6-7-11-21(15)18(22)16-13(2)20-17(23-16)14-8-4-3-5-9-14;/h3-5,8-9,12,15H,6-7,10-11,19H2,1-2H3;1H. The van der Waals surface area contributed by atoms with Crippen LogP contribution < -0.4 is 5.73 Å². The minimum absolute atomic E-state index is 0. The van der Waals surface area contributed by atoms with Gasteiger partial charge in [-0.25, -0.2) is 4.98 Å². The zero-order valence-electron chi connectivity index (χ0n) is 14.1. The van der Waals surface area contributed by atoms with Crippen molar-refractivity contribution in [1.29, 1.82) is 0 Å². The van der Waals surface area contributed by atoms with Crippen molar-refractivity contribution in [3.8, 4) is 11.5 Å². The first-order valence-electron chi connectivity index (χ1n) is 8.17. The van der Waals surface area contributed by atoms with Gasteiger partial charge in [0.25, 0.3) is 5.91 Å². The maximum Gasteiger partial charge on any atom is 0.291 e. The zero-order valence-corrected chi connectivity index (χ0v) is 14.9. The summed E-state index contributed by atoms with van der Waals surface area (Å²) in [6, 6.07) is 9.65. The van der Waals surface area contributed by atoms with E-state index in [1.165, 1.54) is 0 Å². The van der Waals surface area contributed by atoms with Crippen LogP contribution in [0.1, 0.15) is 42.4 Å². The fourth-order valence-electron chi connectivity index (χ4n) is 3.19. The lowest BCUT2D eigenvalue weighted by Gasteiger charge is -2.37. The summed E-state index contributed by atoms with van der Waals surface area (Å²) in [5, 5.41) is 0. The third kappa shape index (κ3) is 3.62. The van der Waals surface area contributed by atoms with E-state index < -0.39 is 0 Å². The van der Waals surface area contributed by atoms with Crippen LogP contribution >= 0.6 is 12.4 Å². The molecule has 0 aliphatic carbocycles. The van der Waals surface area contributed by atoms with Gasteiger partial charge in [-0.05, 0) is 45.2 Å². The zero-order chi connectivity index (χ0) is 16.4. The Morgan fingerprint density at radius 3 is 2.71 bits per heavy atom. The van der Waals surface area contributed by atoms with E-state index in [2.05, 4.69) is 4.98 Å². The van der Waals surface area contributed by atoms with Crippen LogP contribution in [0.15, 0.2) is 34.7 Å². The van der Waals surface area contributed by atoms with Gasteiger partial charge in [0, 0.05) is 24.2 Å². The molecule has 130 valence electrons. The third-order valence-corrected chi connectivity index (χ3v) is 4.43. The van der Waals surface area contributed by atoms with E-state index in [0.717, 1.165) is 31.4 Å². The van der Waals surface area contributed by atoms with Gasteiger partial charge >= 0.3 is 0 Å². The monoisotopic (exact) mass is 349 g/mol.